The van der Waals surface area contributed by atoms with E-state index in [1.165, 1.54) is 0 Å². The van der Waals surface area contributed by atoms with Crippen LogP contribution in [0.3, 0.4) is 0 Å². The summed E-state index contributed by atoms with van der Waals surface area (Å²) in [4.78, 5) is 30.2. The van der Waals surface area contributed by atoms with Gasteiger partial charge in [-0.3, -0.25) is 14.4 Å². The van der Waals surface area contributed by atoms with Crippen LogP contribution in [0, 0.1) is 0 Å². The van der Waals surface area contributed by atoms with E-state index in [2.05, 4.69) is 10.8 Å². The third-order valence-corrected chi connectivity index (χ3v) is 4.20. The lowest BCUT2D eigenvalue weighted by Crippen LogP contribution is -2.33. The topological polar surface area (TPSA) is 67.4 Å². The third kappa shape index (κ3) is 5.79. The van der Waals surface area contributed by atoms with Crippen LogP contribution in [-0.2, 0) is 16.2 Å². The molecule has 0 fully saturated rings. The molecule has 3 aromatic carbocycles. The summed E-state index contributed by atoms with van der Waals surface area (Å²) in [6.45, 7) is 0.277. The number of hydrogen-bond acceptors (Lipinski definition) is 3. The SMILES string of the molecule is O=C(CC(NC(=O)c1ccccc1)c1ccccc1)NOCc1ccccc1. The van der Waals surface area contributed by atoms with E-state index in [9.17, 15) is 9.59 Å². The van der Waals surface area contributed by atoms with E-state index in [-0.39, 0.29) is 24.8 Å². The van der Waals surface area contributed by atoms with Crippen LogP contribution in [0.4, 0.5) is 0 Å². The summed E-state index contributed by atoms with van der Waals surface area (Å²) in [6, 6.07) is 27.4. The summed E-state index contributed by atoms with van der Waals surface area (Å²) in [5, 5.41) is 2.93. The molecule has 3 rings (SSSR count). The lowest BCUT2D eigenvalue weighted by molar-refractivity contribution is -0.135. The van der Waals surface area contributed by atoms with Crippen molar-refractivity contribution in [2.24, 2.45) is 0 Å². The molecule has 5 nitrogen and oxygen atoms in total. The Balaban J connectivity index is 1.60. The van der Waals surface area contributed by atoms with Crippen LogP contribution >= 0.6 is 0 Å². The maximum Gasteiger partial charge on any atom is 0.251 e. The molecular weight excluding hydrogens is 352 g/mol. The Hall–Kier alpha value is -3.44. The highest BCUT2D eigenvalue weighted by Crippen LogP contribution is 2.17. The summed E-state index contributed by atoms with van der Waals surface area (Å²) in [7, 11) is 0. The van der Waals surface area contributed by atoms with Crippen molar-refractivity contribution in [3.05, 3.63) is 108 Å². The molecule has 0 saturated carbocycles. The molecule has 0 aliphatic heterocycles. The smallest absolute Gasteiger partial charge is 0.251 e. The van der Waals surface area contributed by atoms with Gasteiger partial charge in [0.25, 0.3) is 5.91 Å². The maximum atomic E-state index is 12.5. The molecule has 2 amide bonds. The van der Waals surface area contributed by atoms with Crippen LogP contribution in [0.15, 0.2) is 91.0 Å². The van der Waals surface area contributed by atoms with Crippen molar-refractivity contribution in [1.82, 2.24) is 10.8 Å². The Bertz CT molecular complexity index is 883. The molecule has 0 aromatic heterocycles. The predicted octanol–water partition coefficient (Wildman–Crippen LogP) is 3.80. The largest absolute Gasteiger partial charge is 0.345 e. The van der Waals surface area contributed by atoms with Gasteiger partial charge in [-0.1, -0.05) is 78.9 Å². The number of hydroxylamine groups is 1. The second-order valence-corrected chi connectivity index (χ2v) is 6.31. The molecule has 28 heavy (non-hydrogen) atoms. The summed E-state index contributed by atoms with van der Waals surface area (Å²) in [6.07, 6.45) is 0.0668. The zero-order chi connectivity index (χ0) is 19.6. The van der Waals surface area contributed by atoms with Crippen LogP contribution in [0.1, 0.15) is 33.9 Å². The molecule has 0 radical (unpaired) electrons. The minimum Gasteiger partial charge on any atom is -0.345 e. The minimum atomic E-state index is -0.464. The van der Waals surface area contributed by atoms with E-state index >= 15 is 0 Å². The summed E-state index contributed by atoms with van der Waals surface area (Å²) in [5.41, 5.74) is 4.81. The standard InChI is InChI=1S/C23H22N2O3/c26-22(25-28-17-18-10-4-1-5-11-18)16-21(19-12-6-2-7-13-19)24-23(27)20-14-8-3-9-15-20/h1-15,21H,16-17H2,(H,24,27)(H,25,26). The fourth-order valence-corrected chi connectivity index (χ4v) is 2.77. The molecule has 2 N–H and O–H groups in total. The average Bonchev–Trinajstić information content (AvgIpc) is 2.75. The van der Waals surface area contributed by atoms with Crippen LogP contribution < -0.4 is 10.8 Å². The van der Waals surface area contributed by atoms with E-state index in [1.807, 2.05) is 66.7 Å². The van der Waals surface area contributed by atoms with Crippen LogP contribution in [-0.4, -0.2) is 11.8 Å². The van der Waals surface area contributed by atoms with Gasteiger partial charge in [-0.25, -0.2) is 5.48 Å². The third-order valence-electron chi connectivity index (χ3n) is 4.20. The lowest BCUT2D eigenvalue weighted by atomic mass is 10.0. The molecule has 0 saturated heterocycles. The molecule has 0 spiro atoms. The first-order valence-electron chi connectivity index (χ1n) is 9.08. The average molecular weight is 374 g/mol. The fraction of sp³-hybridized carbons (Fsp3) is 0.130. The van der Waals surface area contributed by atoms with Crippen LogP contribution in [0.5, 0.6) is 0 Å². The summed E-state index contributed by atoms with van der Waals surface area (Å²) < 4.78 is 0. The van der Waals surface area contributed by atoms with E-state index in [0.29, 0.717) is 5.56 Å². The molecule has 0 aliphatic rings. The van der Waals surface area contributed by atoms with Gasteiger partial charge in [-0.15, -0.1) is 0 Å². The van der Waals surface area contributed by atoms with Gasteiger partial charge in [0, 0.05) is 5.56 Å². The van der Waals surface area contributed by atoms with Crippen molar-refractivity contribution in [2.45, 2.75) is 19.1 Å². The molecule has 5 heteroatoms. The summed E-state index contributed by atoms with van der Waals surface area (Å²) in [5.74, 6) is -0.536. The number of hydrogen-bond donors (Lipinski definition) is 2. The first kappa shape index (κ1) is 19.3. The number of carbonyl (C=O) groups is 2. The molecule has 142 valence electrons. The van der Waals surface area contributed by atoms with Crippen LogP contribution in [0.2, 0.25) is 0 Å². The number of rotatable bonds is 8. The van der Waals surface area contributed by atoms with Gasteiger partial charge in [0.1, 0.15) is 0 Å². The maximum absolute atomic E-state index is 12.5. The van der Waals surface area contributed by atoms with Crippen molar-refractivity contribution in [3.63, 3.8) is 0 Å². The minimum absolute atomic E-state index is 0.0668. The monoisotopic (exact) mass is 374 g/mol. The zero-order valence-corrected chi connectivity index (χ0v) is 15.4. The number of nitrogens with one attached hydrogen (secondary N) is 2. The second kappa shape index (κ2) is 10.0. The Morgan fingerprint density at radius 3 is 2.00 bits per heavy atom. The highest BCUT2D eigenvalue weighted by atomic mass is 16.6. The van der Waals surface area contributed by atoms with Crippen molar-refractivity contribution >= 4 is 11.8 Å². The van der Waals surface area contributed by atoms with Crippen molar-refractivity contribution in [2.75, 3.05) is 0 Å². The Kier molecular flexibility index (Phi) is 6.93. The predicted molar refractivity (Wildman–Crippen MR) is 107 cm³/mol. The summed E-state index contributed by atoms with van der Waals surface area (Å²) >= 11 is 0. The first-order chi connectivity index (χ1) is 13.7. The Morgan fingerprint density at radius 1 is 0.786 bits per heavy atom. The van der Waals surface area contributed by atoms with E-state index in [0.717, 1.165) is 11.1 Å². The first-order valence-corrected chi connectivity index (χ1v) is 9.08. The van der Waals surface area contributed by atoms with E-state index < -0.39 is 6.04 Å². The molecule has 0 heterocycles. The van der Waals surface area contributed by atoms with E-state index in [1.54, 1.807) is 24.3 Å². The number of amides is 2. The van der Waals surface area contributed by atoms with Crippen molar-refractivity contribution in [1.29, 1.82) is 0 Å². The highest BCUT2D eigenvalue weighted by molar-refractivity contribution is 5.94. The molecular formula is C23H22N2O3. The Morgan fingerprint density at radius 2 is 1.36 bits per heavy atom. The van der Waals surface area contributed by atoms with E-state index in [4.69, 9.17) is 4.84 Å². The number of carbonyl (C=O) groups excluding carboxylic acids is 2. The Labute approximate surface area is 164 Å². The molecule has 0 aliphatic carbocycles. The fourth-order valence-electron chi connectivity index (χ4n) is 2.77. The second-order valence-electron chi connectivity index (χ2n) is 6.31. The van der Waals surface area contributed by atoms with Crippen LogP contribution in [0.25, 0.3) is 0 Å². The molecule has 1 atom stereocenters. The zero-order valence-electron chi connectivity index (χ0n) is 15.4. The quantitative estimate of drug-likeness (QED) is 0.590. The van der Waals surface area contributed by atoms with Crippen molar-refractivity contribution in [3.8, 4) is 0 Å². The highest BCUT2D eigenvalue weighted by Gasteiger charge is 2.19. The molecule has 3 aromatic rings. The van der Waals surface area contributed by atoms with Crippen molar-refractivity contribution < 1.29 is 14.4 Å². The van der Waals surface area contributed by atoms with Gasteiger partial charge in [-0.05, 0) is 23.3 Å². The molecule has 1 unspecified atom stereocenters. The number of benzene rings is 3. The van der Waals surface area contributed by atoms with Gasteiger partial charge < -0.3 is 5.32 Å². The lowest BCUT2D eigenvalue weighted by Gasteiger charge is -2.19. The van der Waals surface area contributed by atoms with Gasteiger partial charge in [0.05, 0.1) is 19.1 Å². The normalized spacial score (nSPS) is 11.4. The van der Waals surface area contributed by atoms with Gasteiger partial charge in [0.15, 0.2) is 0 Å². The van der Waals surface area contributed by atoms with Gasteiger partial charge in [-0.2, -0.15) is 0 Å². The van der Waals surface area contributed by atoms with Gasteiger partial charge >= 0.3 is 0 Å². The molecule has 0 bridgehead atoms. The van der Waals surface area contributed by atoms with Gasteiger partial charge in [0.2, 0.25) is 5.91 Å².